The van der Waals surface area contributed by atoms with Crippen LogP contribution in [0.1, 0.15) is 38.8 Å². The maximum Gasteiger partial charge on any atom is 0.332 e. The molecule has 5 nitrogen and oxygen atoms in total. The summed E-state index contributed by atoms with van der Waals surface area (Å²) in [6, 6.07) is 31.6. The zero-order chi connectivity index (χ0) is 26.8. The number of carbonyl (C=O) groups excluding carboxylic acids is 3. The molecule has 0 atom stereocenters. The number of carbonyl (C=O) groups is 3. The van der Waals surface area contributed by atoms with Crippen molar-refractivity contribution in [3.8, 4) is 0 Å². The molecule has 0 spiro atoms. The average molecular weight is 510 g/mol. The Morgan fingerprint density at radius 3 is 1.30 bits per heavy atom. The molecule has 0 unspecified atom stereocenters. The summed E-state index contributed by atoms with van der Waals surface area (Å²) in [5.41, 5.74) is 2.25. The van der Waals surface area contributed by atoms with Crippen LogP contribution in [-0.2, 0) is 14.1 Å². The first-order valence-corrected chi connectivity index (χ1v) is 12.7. The van der Waals surface area contributed by atoms with Crippen LogP contribution in [0.3, 0.4) is 0 Å². The van der Waals surface area contributed by atoms with Crippen molar-refractivity contribution < 1.29 is 23.7 Å². The van der Waals surface area contributed by atoms with Gasteiger partial charge in [-0.2, -0.15) is 0 Å². The Hall–Kier alpha value is -4.47. The standard InChI is InChI=1S/C26H18O3P.C5H8O2/c27-25(19-11-3-1-4-12-19)21-15-7-9-17-23(21)30(29)24-18-10-8-16-22(24)26(28)20-13-5-2-6-14-20;1-4(2)5(6)7-3/h1-18H;1H2,2-3H3. The summed E-state index contributed by atoms with van der Waals surface area (Å²) in [5.74, 6) is -0.733. The number of ether oxygens (including phenoxy) is 1. The summed E-state index contributed by atoms with van der Waals surface area (Å²) in [6.07, 6.45) is 0. The molecule has 4 aromatic rings. The summed E-state index contributed by atoms with van der Waals surface area (Å²) < 4.78 is 17.9. The lowest BCUT2D eigenvalue weighted by atomic mass is 10.0. The van der Waals surface area contributed by atoms with Gasteiger partial charge in [0.25, 0.3) is 0 Å². The Morgan fingerprint density at radius 2 is 0.973 bits per heavy atom. The van der Waals surface area contributed by atoms with E-state index >= 15 is 0 Å². The first kappa shape index (κ1) is 27.1. The summed E-state index contributed by atoms with van der Waals surface area (Å²) in [4.78, 5) is 36.3. The molecule has 4 rings (SSSR count). The van der Waals surface area contributed by atoms with Crippen LogP contribution in [0.5, 0.6) is 0 Å². The first-order valence-electron chi connectivity index (χ1n) is 11.4. The van der Waals surface area contributed by atoms with Crippen LogP contribution in [0.4, 0.5) is 0 Å². The highest BCUT2D eigenvalue weighted by atomic mass is 31.1. The lowest BCUT2D eigenvalue weighted by molar-refractivity contribution is -0.136. The summed E-state index contributed by atoms with van der Waals surface area (Å²) in [5, 5.41) is 0.851. The van der Waals surface area contributed by atoms with E-state index in [9.17, 15) is 18.9 Å². The molecule has 0 bridgehead atoms. The predicted octanol–water partition coefficient (Wildman–Crippen LogP) is 5.66. The molecule has 0 aliphatic rings. The van der Waals surface area contributed by atoms with Gasteiger partial charge in [-0.05, 0) is 31.2 Å². The van der Waals surface area contributed by atoms with Crippen LogP contribution in [0.2, 0.25) is 0 Å². The molecule has 0 aliphatic heterocycles. The van der Waals surface area contributed by atoms with E-state index in [1.165, 1.54) is 7.11 Å². The Labute approximate surface area is 217 Å². The normalized spacial score (nSPS) is 9.89. The van der Waals surface area contributed by atoms with E-state index in [4.69, 9.17) is 0 Å². The summed E-state index contributed by atoms with van der Waals surface area (Å²) in [7, 11) is -0.819. The average Bonchev–Trinajstić information content (AvgIpc) is 2.96. The Balaban J connectivity index is 0.000000479. The monoisotopic (exact) mass is 509 g/mol. The van der Waals surface area contributed by atoms with Gasteiger partial charge < -0.3 is 4.74 Å². The van der Waals surface area contributed by atoms with Crippen LogP contribution < -0.4 is 10.6 Å². The van der Waals surface area contributed by atoms with Crippen LogP contribution in [0, 0.1) is 0 Å². The van der Waals surface area contributed by atoms with Gasteiger partial charge in [-0.3, -0.25) is 14.2 Å². The highest BCUT2D eigenvalue weighted by molar-refractivity contribution is 7.61. The fraction of sp³-hybridized carbons (Fsp3) is 0.0645. The lowest BCUT2D eigenvalue weighted by Gasteiger charge is -2.11. The van der Waals surface area contributed by atoms with Crippen molar-refractivity contribution in [2.75, 3.05) is 7.11 Å². The van der Waals surface area contributed by atoms with Crippen molar-refractivity contribution in [2.45, 2.75) is 6.92 Å². The van der Waals surface area contributed by atoms with Gasteiger partial charge in [0.05, 0.1) is 7.11 Å². The van der Waals surface area contributed by atoms with Gasteiger partial charge in [0.2, 0.25) is 0 Å². The van der Waals surface area contributed by atoms with Crippen molar-refractivity contribution in [3.63, 3.8) is 0 Å². The zero-order valence-corrected chi connectivity index (χ0v) is 21.5. The minimum Gasteiger partial charge on any atom is -0.466 e. The van der Waals surface area contributed by atoms with Crippen LogP contribution in [-0.4, -0.2) is 24.6 Å². The van der Waals surface area contributed by atoms with E-state index in [1.807, 2.05) is 12.1 Å². The molecule has 0 heterocycles. The van der Waals surface area contributed by atoms with Crippen molar-refractivity contribution >= 4 is 35.9 Å². The second kappa shape index (κ2) is 13.0. The number of methoxy groups -OCH3 is 1. The molecule has 6 heteroatoms. The zero-order valence-electron chi connectivity index (χ0n) is 20.6. The number of ketones is 2. The number of hydrogen-bond acceptors (Lipinski definition) is 5. The maximum atomic E-state index is 13.6. The third kappa shape index (κ3) is 6.81. The number of rotatable bonds is 7. The molecular formula is C31H26O5P. The molecule has 0 saturated carbocycles. The molecule has 1 radical (unpaired) electrons. The highest BCUT2D eigenvalue weighted by Crippen LogP contribution is 2.26. The topological polar surface area (TPSA) is 77.5 Å². The molecule has 0 saturated heterocycles. The molecule has 185 valence electrons. The largest absolute Gasteiger partial charge is 0.466 e. The van der Waals surface area contributed by atoms with Gasteiger partial charge in [0.15, 0.2) is 11.6 Å². The minimum atomic E-state index is -2.15. The molecule has 0 aliphatic carbocycles. The van der Waals surface area contributed by atoms with E-state index < -0.39 is 7.80 Å². The number of esters is 1. The van der Waals surface area contributed by atoms with Gasteiger partial charge >= 0.3 is 5.97 Å². The van der Waals surface area contributed by atoms with E-state index in [1.54, 1.807) is 104 Å². The molecule has 37 heavy (non-hydrogen) atoms. The van der Waals surface area contributed by atoms with Gasteiger partial charge in [0.1, 0.15) is 7.80 Å². The van der Waals surface area contributed by atoms with Crippen LogP contribution in [0.15, 0.2) is 121 Å². The fourth-order valence-electron chi connectivity index (χ4n) is 3.48. The van der Waals surface area contributed by atoms with Gasteiger partial charge in [-0.25, -0.2) is 4.79 Å². The molecule has 0 N–H and O–H groups in total. The molecule has 0 aromatic heterocycles. The summed E-state index contributed by atoms with van der Waals surface area (Å²) >= 11 is 0. The summed E-state index contributed by atoms with van der Waals surface area (Å²) in [6.45, 7) is 4.95. The van der Waals surface area contributed by atoms with E-state index in [2.05, 4.69) is 11.3 Å². The smallest absolute Gasteiger partial charge is 0.332 e. The highest BCUT2D eigenvalue weighted by Gasteiger charge is 2.23. The maximum absolute atomic E-state index is 13.6. The van der Waals surface area contributed by atoms with E-state index in [0.29, 0.717) is 38.4 Å². The Kier molecular flexibility index (Phi) is 9.54. The SMILES string of the molecule is C=C(C)C(=O)OC.O=C(c1ccccc1)c1ccccc1[P](=O)c1ccccc1C(=O)c1ccccc1. The quantitative estimate of drug-likeness (QED) is 0.139. The molecular weight excluding hydrogens is 483 g/mol. The lowest BCUT2D eigenvalue weighted by Crippen LogP contribution is -2.20. The van der Waals surface area contributed by atoms with Crippen molar-refractivity contribution in [3.05, 3.63) is 144 Å². The van der Waals surface area contributed by atoms with Crippen LogP contribution >= 0.6 is 7.80 Å². The van der Waals surface area contributed by atoms with Crippen molar-refractivity contribution in [1.29, 1.82) is 0 Å². The second-order valence-electron chi connectivity index (χ2n) is 7.99. The van der Waals surface area contributed by atoms with Gasteiger partial charge in [0, 0.05) is 38.4 Å². The molecule has 0 amide bonds. The first-order chi connectivity index (χ1) is 17.8. The Morgan fingerprint density at radius 1 is 0.622 bits per heavy atom. The second-order valence-corrected chi connectivity index (χ2v) is 9.54. The third-order valence-electron chi connectivity index (χ3n) is 5.34. The molecule has 0 fully saturated rings. The van der Waals surface area contributed by atoms with Gasteiger partial charge in [-0.1, -0.05) is 91.5 Å². The van der Waals surface area contributed by atoms with Crippen molar-refractivity contribution in [2.24, 2.45) is 0 Å². The van der Waals surface area contributed by atoms with E-state index in [0.717, 1.165) is 0 Å². The third-order valence-corrected chi connectivity index (χ3v) is 7.00. The number of benzene rings is 4. The van der Waals surface area contributed by atoms with E-state index in [-0.39, 0.29) is 17.5 Å². The molecule has 4 aromatic carbocycles. The number of hydrogen-bond donors (Lipinski definition) is 0. The van der Waals surface area contributed by atoms with Crippen molar-refractivity contribution in [1.82, 2.24) is 0 Å². The fourth-order valence-corrected chi connectivity index (χ4v) is 4.97. The van der Waals surface area contributed by atoms with Crippen LogP contribution in [0.25, 0.3) is 0 Å². The Bertz CT molecular complexity index is 1350. The predicted molar refractivity (Wildman–Crippen MR) is 146 cm³/mol. The minimum absolute atomic E-state index is 0.193. The van der Waals surface area contributed by atoms with Gasteiger partial charge in [-0.15, -0.1) is 0 Å².